The van der Waals surface area contributed by atoms with Crippen LogP contribution in [0.2, 0.25) is 5.02 Å². The van der Waals surface area contributed by atoms with E-state index in [4.69, 9.17) is 16.6 Å². The summed E-state index contributed by atoms with van der Waals surface area (Å²) in [6.45, 7) is 0.300. The van der Waals surface area contributed by atoms with Crippen LogP contribution in [0.25, 0.3) is 10.9 Å². The largest absolute Gasteiger partial charge is 0.362 e. The summed E-state index contributed by atoms with van der Waals surface area (Å²) in [5.74, 6) is 1.09. The highest BCUT2D eigenvalue weighted by Crippen LogP contribution is 2.28. The standard InChI is InChI=1S/C24H27ClFN5O/c1-31(2)22-19-5-3-4-6-21(19)29-24(30-22)28-18-11-8-15(9-12-18)23(32)27-14-16-7-10-17(26)13-20(16)25/h3-7,10,13,15,18H,8-9,11-12,14H2,1-2H3,(H,27,32)(H,28,29,30)/t15-,18+. The Bertz CT molecular complexity index is 1110. The lowest BCUT2D eigenvalue weighted by atomic mass is 9.85. The quantitative estimate of drug-likeness (QED) is 0.560. The van der Waals surface area contributed by atoms with Gasteiger partial charge in [-0.3, -0.25) is 4.79 Å². The van der Waals surface area contributed by atoms with E-state index in [2.05, 4.69) is 15.6 Å². The van der Waals surface area contributed by atoms with Gasteiger partial charge in [0.25, 0.3) is 0 Å². The van der Waals surface area contributed by atoms with Gasteiger partial charge in [0.2, 0.25) is 11.9 Å². The van der Waals surface area contributed by atoms with Gasteiger partial charge in [-0.1, -0.05) is 29.8 Å². The van der Waals surface area contributed by atoms with Crippen LogP contribution in [0.4, 0.5) is 16.2 Å². The van der Waals surface area contributed by atoms with Crippen LogP contribution < -0.4 is 15.5 Å². The fraction of sp³-hybridized carbons (Fsp3) is 0.375. The average Bonchev–Trinajstić information content (AvgIpc) is 2.78. The van der Waals surface area contributed by atoms with Crippen molar-refractivity contribution in [2.24, 2.45) is 5.92 Å². The number of anilines is 2. The van der Waals surface area contributed by atoms with Gasteiger partial charge in [0, 0.05) is 43.0 Å². The van der Waals surface area contributed by atoms with Gasteiger partial charge in [0.1, 0.15) is 11.6 Å². The lowest BCUT2D eigenvalue weighted by molar-refractivity contribution is -0.126. The Kier molecular flexibility index (Phi) is 6.74. The summed E-state index contributed by atoms with van der Waals surface area (Å²) >= 11 is 6.05. The molecule has 1 aliphatic rings. The van der Waals surface area contributed by atoms with E-state index in [1.807, 2.05) is 43.3 Å². The van der Waals surface area contributed by atoms with Gasteiger partial charge >= 0.3 is 0 Å². The van der Waals surface area contributed by atoms with E-state index in [1.165, 1.54) is 12.1 Å². The molecular weight excluding hydrogens is 429 g/mol. The number of nitrogens with zero attached hydrogens (tertiary/aromatic N) is 3. The minimum absolute atomic E-state index is 0.0145. The zero-order valence-corrected chi connectivity index (χ0v) is 19.0. The van der Waals surface area contributed by atoms with Gasteiger partial charge in [0.05, 0.1) is 5.52 Å². The van der Waals surface area contributed by atoms with Gasteiger partial charge < -0.3 is 15.5 Å². The van der Waals surface area contributed by atoms with Crippen molar-refractivity contribution < 1.29 is 9.18 Å². The monoisotopic (exact) mass is 455 g/mol. The molecule has 0 aliphatic heterocycles. The first kappa shape index (κ1) is 22.3. The van der Waals surface area contributed by atoms with Crippen molar-refractivity contribution in [3.05, 3.63) is 58.9 Å². The van der Waals surface area contributed by atoms with Crippen molar-refractivity contribution in [1.82, 2.24) is 15.3 Å². The van der Waals surface area contributed by atoms with Gasteiger partial charge in [-0.05, 0) is 55.5 Å². The SMILES string of the molecule is CN(C)c1nc(N[C@H]2CC[C@@H](C(=O)NCc3ccc(F)cc3Cl)CC2)nc2ccccc12. The Balaban J connectivity index is 1.33. The van der Waals surface area contributed by atoms with Crippen LogP contribution in [-0.4, -0.2) is 36.0 Å². The fourth-order valence-electron chi connectivity index (χ4n) is 4.14. The maximum atomic E-state index is 13.2. The summed E-state index contributed by atoms with van der Waals surface area (Å²) in [5.41, 5.74) is 1.61. The van der Waals surface area contributed by atoms with Crippen molar-refractivity contribution in [1.29, 1.82) is 0 Å². The van der Waals surface area contributed by atoms with E-state index in [0.29, 0.717) is 23.1 Å². The number of fused-ring (bicyclic) bond motifs is 1. The average molecular weight is 456 g/mol. The van der Waals surface area contributed by atoms with E-state index in [-0.39, 0.29) is 23.7 Å². The minimum atomic E-state index is -0.385. The lowest BCUT2D eigenvalue weighted by Gasteiger charge is -2.28. The number of aromatic nitrogens is 2. The number of hydrogen-bond acceptors (Lipinski definition) is 5. The van der Waals surface area contributed by atoms with Crippen LogP contribution >= 0.6 is 11.6 Å². The van der Waals surface area contributed by atoms with E-state index < -0.39 is 0 Å². The third kappa shape index (κ3) is 5.10. The molecule has 0 saturated heterocycles. The van der Waals surface area contributed by atoms with Crippen LogP contribution in [0.1, 0.15) is 31.2 Å². The Morgan fingerprint density at radius 3 is 2.59 bits per heavy atom. The second-order valence-electron chi connectivity index (χ2n) is 8.43. The van der Waals surface area contributed by atoms with E-state index in [9.17, 15) is 9.18 Å². The van der Waals surface area contributed by atoms with Gasteiger partial charge in [-0.2, -0.15) is 4.98 Å². The normalized spacial score (nSPS) is 18.4. The molecule has 168 valence electrons. The first-order valence-electron chi connectivity index (χ1n) is 10.8. The smallest absolute Gasteiger partial charge is 0.225 e. The maximum Gasteiger partial charge on any atom is 0.225 e. The molecule has 1 heterocycles. The molecule has 32 heavy (non-hydrogen) atoms. The molecule has 0 unspecified atom stereocenters. The van der Waals surface area contributed by atoms with Crippen molar-refractivity contribution in [3.63, 3.8) is 0 Å². The molecule has 0 bridgehead atoms. The van der Waals surface area contributed by atoms with Crippen molar-refractivity contribution >= 4 is 40.2 Å². The topological polar surface area (TPSA) is 70.2 Å². The maximum absolute atomic E-state index is 13.2. The molecule has 1 aromatic heterocycles. The van der Waals surface area contributed by atoms with Gasteiger partial charge in [0.15, 0.2) is 0 Å². The number of rotatable bonds is 6. The number of nitrogens with one attached hydrogen (secondary N) is 2. The van der Waals surface area contributed by atoms with Crippen LogP contribution in [0.15, 0.2) is 42.5 Å². The van der Waals surface area contributed by atoms with E-state index in [1.54, 1.807) is 6.07 Å². The Hall–Kier alpha value is -2.93. The third-order valence-electron chi connectivity index (χ3n) is 5.91. The Morgan fingerprint density at radius 1 is 1.12 bits per heavy atom. The number of hydrogen-bond donors (Lipinski definition) is 2. The molecule has 0 atom stereocenters. The first-order chi connectivity index (χ1) is 15.4. The number of benzene rings is 2. The second kappa shape index (κ2) is 9.69. The number of carbonyl (C=O) groups is 1. The van der Waals surface area contributed by atoms with Crippen molar-refractivity contribution in [2.75, 3.05) is 24.3 Å². The Morgan fingerprint density at radius 2 is 1.88 bits per heavy atom. The van der Waals surface area contributed by atoms with Crippen LogP contribution in [0.3, 0.4) is 0 Å². The van der Waals surface area contributed by atoms with E-state index >= 15 is 0 Å². The van der Waals surface area contributed by atoms with Crippen LogP contribution in [-0.2, 0) is 11.3 Å². The first-order valence-corrected chi connectivity index (χ1v) is 11.2. The molecule has 1 fully saturated rings. The predicted molar refractivity (Wildman–Crippen MR) is 126 cm³/mol. The highest BCUT2D eigenvalue weighted by Gasteiger charge is 2.27. The number of para-hydroxylation sites is 1. The molecule has 1 amide bonds. The molecule has 1 aliphatic carbocycles. The molecule has 2 aromatic carbocycles. The van der Waals surface area contributed by atoms with Crippen molar-refractivity contribution in [2.45, 2.75) is 38.3 Å². The summed E-state index contributed by atoms with van der Waals surface area (Å²) in [4.78, 5) is 24.0. The minimum Gasteiger partial charge on any atom is -0.362 e. The molecule has 0 spiro atoms. The molecule has 4 rings (SSSR count). The molecule has 3 aromatic rings. The highest BCUT2D eigenvalue weighted by atomic mass is 35.5. The molecule has 6 nitrogen and oxygen atoms in total. The predicted octanol–water partition coefficient (Wildman–Crippen LogP) is 4.78. The van der Waals surface area contributed by atoms with Crippen molar-refractivity contribution in [3.8, 4) is 0 Å². The number of halogens is 2. The summed E-state index contributed by atoms with van der Waals surface area (Å²) in [5, 5.41) is 7.74. The third-order valence-corrected chi connectivity index (χ3v) is 6.26. The molecule has 2 N–H and O–H groups in total. The van der Waals surface area contributed by atoms with E-state index in [0.717, 1.165) is 42.4 Å². The molecule has 0 radical (unpaired) electrons. The summed E-state index contributed by atoms with van der Waals surface area (Å²) < 4.78 is 13.2. The second-order valence-corrected chi connectivity index (χ2v) is 8.84. The van der Waals surface area contributed by atoms with Gasteiger partial charge in [-0.15, -0.1) is 0 Å². The zero-order chi connectivity index (χ0) is 22.7. The number of carbonyl (C=O) groups excluding carboxylic acids is 1. The van der Waals surface area contributed by atoms with Crippen LogP contribution in [0, 0.1) is 11.7 Å². The lowest BCUT2D eigenvalue weighted by Crippen LogP contribution is -2.36. The summed E-state index contributed by atoms with van der Waals surface area (Å²) in [6, 6.07) is 12.4. The van der Waals surface area contributed by atoms with Crippen LogP contribution in [0.5, 0.6) is 0 Å². The molecular formula is C24H27ClFN5O. The Labute approximate surface area is 192 Å². The number of amides is 1. The summed E-state index contributed by atoms with van der Waals surface area (Å²) in [7, 11) is 3.95. The highest BCUT2D eigenvalue weighted by molar-refractivity contribution is 6.31. The fourth-order valence-corrected chi connectivity index (χ4v) is 4.37. The van der Waals surface area contributed by atoms with Gasteiger partial charge in [-0.25, -0.2) is 9.37 Å². The summed E-state index contributed by atoms with van der Waals surface area (Å²) in [6.07, 6.45) is 3.30. The molecule has 8 heteroatoms. The zero-order valence-electron chi connectivity index (χ0n) is 18.2. The molecule has 1 saturated carbocycles.